The normalized spacial score (nSPS) is 9.55. The number of Topliss-reactive ketones (excluding diaryl/α,β-unsaturated/α-hetero) is 1. The summed E-state index contributed by atoms with van der Waals surface area (Å²) in [5.74, 6) is 0.357. The summed E-state index contributed by atoms with van der Waals surface area (Å²) in [6.07, 6.45) is 1.96. The van der Waals surface area contributed by atoms with Crippen LogP contribution in [-0.2, 0) is 0 Å². The molecule has 0 saturated heterocycles. The van der Waals surface area contributed by atoms with Gasteiger partial charge in [-0.2, -0.15) is 0 Å². The van der Waals surface area contributed by atoms with Gasteiger partial charge < -0.3 is 0 Å². The number of alkyl halides is 1. The molecule has 0 radical (unpaired) electrons. The Morgan fingerprint density at radius 3 is 2.91 bits per heavy atom. The summed E-state index contributed by atoms with van der Waals surface area (Å²) in [5, 5.41) is 0. The Morgan fingerprint density at radius 1 is 1.55 bits per heavy atom. The van der Waals surface area contributed by atoms with E-state index in [1.807, 2.05) is 0 Å². The minimum absolute atomic E-state index is 0.000556. The van der Waals surface area contributed by atoms with Crippen LogP contribution in [0.25, 0.3) is 0 Å². The molecule has 0 unspecified atom stereocenters. The minimum atomic E-state index is 0.000556. The molecular formula is C8H8ClNO. The minimum Gasteiger partial charge on any atom is -0.292 e. The van der Waals surface area contributed by atoms with Gasteiger partial charge in [0.25, 0.3) is 0 Å². The van der Waals surface area contributed by atoms with E-state index in [9.17, 15) is 4.79 Å². The van der Waals surface area contributed by atoms with Crippen LogP contribution < -0.4 is 0 Å². The first-order chi connectivity index (χ1) is 5.34. The molecule has 0 spiro atoms. The van der Waals surface area contributed by atoms with Crippen LogP contribution in [0.5, 0.6) is 0 Å². The van der Waals surface area contributed by atoms with Gasteiger partial charge in [-0.05, 0) is 12.1 Å². The van der Waals surface area contributed by atoms with Gasteiger partial charge >= 0.3 is 0 Å². The van der Waals surface area contributed by atoms with Crippen molar-refractivity contribution < 1.29 is 4.79 Å². The summed E-state index contributed by atoms with van der Waals surface area (Å²) in [7, 11) is 0. The highest BCUT2D eigenvalue weighted by molar-refractivity contribution is 6.19. The molecule has 11 heavy (non-hydrogen) atoms. The van der Waals surface area contributed by atoms with Crippen LogP contribution in [0.2, 0.25) is 0 Å². The largest absolute Gasteiger partial charge is 0.292 e. The Hall–Kier alpha value is -0.890. The maximum Gasteiger partial charge on any atom is 0.182 e. The lowest BCUT2D eigenvalue weighted by Crippen LogP contribution is -2.01. The Morgan fingerprint density at radius 2 is 2.36 bits per heavy atom. The first kappa shape index (κ1) is 8.21. The molecule has 58 valence electrons. The van der Waals surface area contributed by atoms with Crippen LogP contribution in [-0.4, -0.2) is 16.6 Å². The van der Waals surface area contributed by atoms with Crippen LogP contribution in [0, 0.1) is 0 Å². The molecule has 3 heteroatoms. The molecule has 0 N–H and O–H groups in total. The van der Waals surface area contributed by atoms with E-state index in [1.165, 1.54) is 0 Å². The lowest BCUT2D eigenvalue weighted by molar-refractivity contribution is 0.0984. The summed E-state index contributed by atoms with van der Waals surface area (Å²) in [4.78, 5) is 15.0. The molecule has 0 saturated carbocycles. The fraction of sp³-hybridized carbons (Fsp3) is 0.250. The van der Waals surface area contributed by atoms with Crippen molar-refractivity contribution in [3.63, 3.8) is 0 Å². The van der Waals surface area contributed by atoms with Gasteiger partial charge in [-0.15, -0.1) is 11.6 Å². The van der Waals surface area contributed by atoms with E-state index in [1.54, 1.807) is 24.4 Å². The van der Waals surface area contributed by atoms with Gasteiger partial charge in [0.05, 0.1) is 0 Å². The van der Waals surface area contributed by atoms with Gasteiger partial charge in [0.1, 0.15) is 5.69 Å². The van der Waals surface area contributed by atoms with Gasteiger partial charge in [-0.25, -0.2) is 0 Å². The summed E-state index contributed by atoms with van der Waals surface area (Å²) < 4.78 is 0. The van der Waals surface area contributed by atoms with Crippen molar-refractivity contribution in [1.82, 2.24) is 4.98 Å². The Kier molecular flexibility index (Phi) is 3.05. The maximum absolute atomic E-state index is 11.1. The standard InChI is InChI=1S/C8H8ClNO/c9-5-4-8(11)7-3-1-2-6-10-7/h1-3,6H,4-5H2. The molecule has 0 aliphatic carbocycles. The zero-order valence-electron chi connectivity index (χ0n) is 5.96. The molecule has 1 rings (SSSR count). The number of carbonyl (C=O) groups is 1. The second kappa shape index (κ2) is 4.09. The zero-order valence-corrected chi connectivity index (χ0v) is 6.71. The van der Waals surface area contributed by atoms with Gasteiger partial charge in [0, 0.05) is 18.5 Å². The summed E-state index contributed by atoms with van der Waals surface area (Å²) >= 11 is 5.40. The zero-order chi connectivity index (χ0) is 8.10. The van der Waals surface area contributed by atoms with Crippen LogP contribution in [0.3, 0.4) is 0 Å². The first-order valence-electron chi connectivity index (χ1n) is 3.35. The number of halogens is 1. The Balaban J connectivity index is 2.69. The van der Waals surface area contributed by atoms with Crippen molar-refractivity contribution in [3.05, 3.63) is 30.1 Å². The van der Waals surface area contributed by atoms with Crippen LogP contribution in [0.15, 0.2) is 24.4 Å². The number of carbonyl (C=O) groups excluding carboxylic acids is 1. The van der Waals surface area contributed by atoms with E-state index in [-0.39, 0.29) is 5.78 Å². The fourth-order valence-electron chi connectivity index (χ4n) is 0.742. The third-order valence-electron chi connectivity index (χ3n) is 1.27. The van der Waals surface area contributed by atoms with E-state index < -0.39 is 0 Å². The SMILES string of the molecule is O=C(CCCl)c1ccccn1. The fourth-order valence-corrected chi connectivity index (χ4v) is 0.913. The summed E-state index contributed by atoms with van der Waals surface area (Å²) in [6.45, 7) is 0. The van der Waals surface area contributed by atoms with Gasteiger partial charge in [-0.3, -0.25) is 9.78 Å². The highest BCUT2D eigenvalue weighted by Crippen LogP contribution is 1.99. The quantitative estimate of drug-likeness (QED) is 0.511. The molecular weight excluding hydrogens is 162 g/mol. The molecule has 0 aliphatic heterocycles. The third kappa shape index (κ3) is 2.31. The second-order valence-electron chi connectivity index (χ2n) is 2.08. The summed E-state index contributed by atoms with van der Waals surface area (Å²) in [6, 6.07) is 5.25. The number of pyridine rings is 1. The van der Waals surface area contributed by atoms with Crippen molar-refractivity contribution in [2.75, 3.05) is 5.88 Å². The number of aromatic nitrogens is 1. The Bertz CT molecular complexity index is 235. The highest BCUT2D eigenvalue weighted by Gasteiger charge is 2.03. The van der Waals surface area contributed by atoms with E-state index in [0.29, 0.717) is 18.0 Å². The van der Waals surface area contributed by atoms with Crippen molar-refractivity contribution in [3.8, 4) is 0 Å². The average molecular weight is 170 g/mol. The number of hydrogen-bond donors (Lipinski definition) is 0. The van der Waals surface area contributed by atoms with Crippen LogP contribution in [0.1, 0.15) is 16.9 Å². The van der Waals surface area contributed by atoms with Gasteiger partial charge in [0.2, 0.25) is 0 Å². The molecule has 0 aliphatic rings. The van der Waals surface area contributed by atoms with E-state index in [2.05, 4.69) is 4.98 Å². The molecule has 0 aromatic carbocycles. The van der Waals surface area contributed by atoms with Crippen molar-refractivity contribution in [1.29, 1.82) is 0 Å². The molecule has 0 amide bonds. The van der Waals surface area contributed by atoms with Crippen LogP contribution in [0.4, 0.5) is 0 Å². The second-order valence-corrected chi connectivity index (χ2v) is 2.46. The Labute approximate surface area is 70.2 Å². The number of nitrogens with zero attached hydrogens (tertiary/aromatic N) is 1. The predicted octanol–water partition coefficient (Wildman–Crippen LogP) is 1.89. The van der Waals surface area contributed by atoms with Gasteiger partial charge in [0.15, 0.2) is 5.78 Å². The molecule has 0 atom stereocenters. The lowest BCUT2D eigenvalue weighted by atomic mass is 10.2. The summed E-state index contributed by atoms with van der Waals surface area (Å²) in [5.41, 5.74) is 0.494. The smallest absolute Gasteiger partial charge is 0.182 e. The molecule has 1 aromatic heterocycles. The number of rotatable bonds is 3. The topological polar surface area (TPSA) is 30.0 Å². The molecule has 0 bridgehead atoms. The monoisotopic (exact) mass is 169 g/mol. The van der Waals surface area contributed by atoms with Crippen molar-refractivity contribution >= 4 is 17.4 Å². The number of hydrogen-bond acceptors (Lipinski definition) is 2. The first-order valence-corrected chi connectivity index (χ1v) is 3.88. The number of ketones is 1. The lowest BCUT2D eigenvalue weighted by Gasteiger charge is -1.94. The average Bonchev–Trinajstić information content (AvgIpc) is 2.07. The van der Waals surface area contributed by atoms with E-state index in [4.69, 9.17) is 11.6 Å². The van der Waals surface area contributed by atoms with E-state index >= 15 is 0 Å². The molecule has 1 heterocycles. The maximum atomic E-state index is 11.1. The van der Waals surface area contributed by atoms with E-state index in [0.717, 1.165) is 0 Å². The van der Waals surface area contributed by atoms with Gasteiger partial charge in [-0.1, -0.05) is 6.07 Å². The van der Waals surface area contributed by atoms with Crippen molar-refractivity contribution in [2.45, 2.75) is 6.42 Å². The molecule has 1 aromatic rings. The van der Waals surface area contributed by atoms with Crippen molar-refractivity contribution in [2.24, 2.45) is 0 Å². The molecule has 0 fully saturated rings. The van der Waals surface area contributed by atoms with Crippen LogP contribution >= 0.6 is 11.6 Å². The third-order valence-corrected chi connectivity index (χ3v) is 1.46. The predicted molar refractivity (Wildman–Crippen MR) is 43.9 cm³/mol. The highest BCUT2D eigenvalue weighted by atomic mass is 35.5. The molecule has 2 nitrogen and oxygen atoms in total.